The van der Waals surface area contributed by atoms with E-state index in [4.69, 9.17) is 0 Å². The van der Waals surface area contributed by atoms with Crippen LogP contribution < -0.4 is 0 Å². The number of hydrogen-bond donors (Lipinski definition) is 5. The van der Waals surface area contributed by atoms with E-state index >= 15 is 0 Å². The summed E-state index contributed by atoms with van der Waals surface area (Å²) in [6.45, 7) is 0. The van der Waals surface area contributed by atoms with Crippen LogP contribution in [0.2, 0.25) is 0 Å². The second-order valence-electron chi connectivity index (χ2n) is 8.00. The van der Waals surface area contributed by atoms with Gasteiger partial charge in [-0.2, -0.15) is 4.73 Å². The third-order valence-electron chi connectivity index (χ3n) is 5.74. The summed E-state index contributed by atoms with van der Waals surface area (Å²) < 4.78 is 0.685. The number of aromatic hydroxyl groups is 2. The Labute approximate surface area is 192 Å². The fourth-order valence-electron chi connectivity index (χ4n) is 4.20. The first-order valence-corrected chi connectivity index (χ1v) is 10.5. The van der Waals surface area contributed by atoms with Gasteiger partial charge in [0.2, 0.25) is 0 Å². The van der Waals surface area contributed by atoms with Gasteiger partial charge in [0, 0.05) is 17.1 Å². The van der Waals surface area contributed by atoms with Gasteiger partial charge in [0.05, 0.1) is 28.2 Å². The Balaban J connectivity index is 1.81. The lowest BCUT2D eigenvalue weighted by atomic mass is 10.1. The Morgan fingerprint density at radius 2 is 1.41 bits per heavy atom. The molecule has 0 amide bonds. The van der Waals surface area contributed by atoms with E-state index in [0.29, 0.717) is 32.9 Å². The Hall–Kier alpha value is -4.98. The van der Waals surface area contributed by atoms with Gasteiger partial charge in [0.15, 0.2) is 17.0 Å². The summed E-state index contributed by atoms with van der Waals surface area (Å²) in [6.07, 6.45) is 5.03. The van der Waals surface area contributed by atoms with Crippen LogP contribution in [0.1, 0.15) is 22.8 Å². The molecule has 0 saturated carbocycles. The largest absolute Gasteiger partial charge is 0.505 e. The van der Waals surface area contributed by atoms with E-state index in [-0.39, 0.29) is 28.2 Å². The van der Waals surface area contributed by atoms with Gasteiger partial charge < -0.3 is 25.5 Å². The summed E-state index contributed by atoms with van der Waals surface area (Å²) in [5, 5.41) is 43.7. The van der Waals surface area contributed by atoms with Gasteiger partial charge in [0.1, 0.15) is 11.5 Å². The van der Waals surface area contributed by atoms with Crippen LogP contribution in [-0.4, -0.2) is 40.2 Å². The first-order chi connectivity index (χ1) is 16.5. The molecule has 8 bridgehead atoms. The lowest BCUT2D eigenvalue weighted by Gasteiger charge is -2.00. The van der Waals surface area contributed by atoms with Crippen molar-refractivity contribution >= 4 is 46.1 Å². The fourth-order valence-corrected chi connectivity index (χ4v) is 4.20. The topological polar surface area (TPSA) is 127 Å². The first-order valence-electron chi connectivity index (χ1n) is 10.5. The normalized spacial score (nSPS) is 12.6. The molecular weight excluding hydrogens is 432 g/mol. The molecule has 0 radical (unpaired) electrons. The summed E-state index contributed by atoms with van der Waals surface area (Å²) in [6, 6.07) is 17.9. The number of rotatable bonds is 1. The maximum absolute atomic E-state index is 11.1. The van der Waals surface area contributed by atoms with Gasteiger partial charge in [0.25, 0.3) is 0 Å². The smallest absolute Gasteiger partial charge is 0.176 e. The Kier molecular flexibility index (Phi) is 4.21. The van der Waals surface area contributed by atoms with Crippen LogP contribution in [0.15, 0.2) is 60.7 Å². The van der Waals surface area contributed by atoms with Gasteiger partial charge in [-0.05, 0) is 48.0 Å². The van der Waals surface area contributed by atoms with E-state index in [2.05, 4.69) is 15.0 Å². The minimum Gasteiger partial charge on any atom is -0.505 e. The summed E-state index contributed by atoms with van der Waals surface area (Å²) in [5.74, 6) is -1.22. The molecule has 0 atom stereocenters. The van der Waals surface area contributed by atoms with Gasteiger partial charge in [-0.25, -0.2) is 9.97 Å². The van der Waals surface area contributed by atoms with Crippen molar-refractivity contribution in [3.05, 3.63) is 83.4 Å². The van der Waals surface area contributed by atoms with Crippen molar-refractivity contribution in [2.75, 3.05) is 0 Å². The molecule has 0 saturated heterocycles. The van der Waals surface area contributed by atoms with Crippen molar-refractivity contribution < 1.29 is 20.5 Å². The third kappa shape index (κ3) is 3.08. The van der Waals surface area contributed by atoms with Crippen molar-refractivity contribution in [1.82, 2.24) is 19.7 Å². The Morgan fingerprint density at radius 3 is 2.15 bits per heavy atom. The first kappa shape index (κ1) is 19.7. The Morgan fingerprint density at radius 1 is 0.735 bits per heavy atom. The number of aliphatic hydroxyl groups excluding tert-OH is 1. The molecule has 5 heterocycles. The second-order valence-corrected chi connectivity index (χ2v) is 8.00. The molecule has 4 aromatic rings. The van der Waals surface area contributed by atoms with Crippen LogP contribution in [-0.2, 0) is 0 Å². The van der Waals surface area contributed by atoms with E-state index < -0.39 is 5.75 Å². The minimum atomic E-state index is -0.572. The average Bonchev–Trinajstić information content (AvgIpc) is 3.58. The molecule has 5 N–H and O–H groups in total. The zero-order valence-corrected chi connectivity index (χ0v) is 17.6. The van der Waals surface area contributed by atoms with Crippen molar-refractivity contribution in [1.29, 1.82) is 0 Å². The van der Waals surface area contributed by atoms with Crippen LogP contribution in [0.25, 0.3) is 57.2 Å². The third-order valence-corrected chi connectivity index (χ3v) is 5.74. The summed E-state index contributed by atoms with van der Waals surface area (Å²) in [5.41, 5.74) is 3.87. The van der Waals surface area contributed by atoms with Gasteiger partial charge in [-0.15, -0.1) is 0 Å². The van der Waals surface area contributed by atoms with E-state index in [1.165, 1.54) is 6.08 Å². The fraction of sp³-hybridized carbons (Fsp3) is 0. The van der Waals surface area contributed by atoms with Crippen LogP contribution in [0.4, 0.5) is 0 Å². The Bertz CT molecular complexity index is 1700. The number of H-pyrrole nitrogens is 1. The molecule has 0 fully saturated rings. The number of hydrogen-bond acceptors (Lipinski definition) is 6. The van der Waals surface area contributed by atoms with E-state index in [0.717, 1.165) is 11.0 Å². The number of fused-ring (bicyclic) bond motifs is 8. The van der Waals surface area contributed by atoms with Gasteiger partial charge in [-0.3, -0.25) is 0 Å². The predicted octanol–water partition coefficient (Wildman–Crippen LogP) is 5.33. The minimum absolute atomic E-state index is 0.167. The quantitative estimate of drug-likeness (QED) is 0.220. The maximum atomic E-state index is 11.1. The monoisotopic (exact) mass is 450 g/mol. The molecule has 0 unspecified atom stereocenters. The maximum Gasteiger partial charge on any atom is 0.176 e. The summed E-state index contributed by atoms with van der Waals surface area (Å²) in [7, 11) is 0. The molecule has 3 aromatic heterocycles. The molecule has 34 heavy (non-hydrogen) atoms. The standard InChI is InChI=1S/C26H18N4O4/c31-21-13-19-11-17-7-6-15(27-17)10-16-8-9-18(28-16)12-20-22(14-4-2-1-3-5-14)25(32)24(30(20)34)26(33)23(21)29-19/h1-13,27,31-34H. The summed E-state index contributed by atoms with van der Waals surface area (Å²) >= 11 is 0. The lowest BCUT2D eigenvalue weighted by molar-refractivity contribution is 0.209. The van der Waals surface area contributed by atoms with Gasteiger partial charge in [-0.1, -0.05) is 30.3 Å². The van der Waals surface area contributed by atoms with Crippen LogP contribution in [0.3, 0.4) is 0 Å². The molecule has 1 aromatic carbocycles. The molecule has 2 aliphatic heterocycles. The number of aromatic nitrogens is 4. The number of benzene rings is 1. The lowest BCUT2D eigenvalue weighted by Crippen LogP contribution is -1.91. The van der Waals surface area contributed by atoms with E-state index in [9.17, 15) is 20.5 Å². The molecule has 8 heteroatoms. The predicted molar refractivity (Wildman–Crippen MR) is 130 cm³/mol. The highest BCUT2D eigenvalue weighted by molar-refractivity contribution is 5.97. The highest BCUT2D eigenvalue weighted by atomic mass is 16.5. The zero-order chi connectivity index (χ0) is 23.4. The van der Waals surface area contributed by atoms with Gasteiger partial charge >= 0.3 is 0 Å². The van der Waals surface area contributed by atoms with Crippen molar-refractivity contribution in [3.63, 3.8) is 0 Å². The van der Waals surface area contributed by atoms with Crippen molar-refractivity contribution in [2.45, 2.75) is 0 Å². The van der Waals surface area contributed by atoms with E-state index in [1.807, 2.05) is 30.3 Å². The highest BCUT2D eigenvalue weighted by Gasteiger charge is 2.24. The average molecular weight is 450 g/mol. The molecule has 0 aliphatic carbocycles. The molecule has 0 spiro atoms. The van der Waals surface area contributed by atoms with Crippen molar-refractivity contribution in [2.24, 2.45) is 0 Å². The van der Waals surface area contributed by atoms with E-state index in [1.54, 1.807) is 42.5 Å². The molecule has 6 rings (SSSR count). The molecule has 8 nitrogen and oxygen atoms in total. The number of aromatic amines is 1. The van der Waals surface area contributed by atoms with Crippen LogP contribution in [0.5, 0.6) is 11.5 Å². The number of nitrogens with one attached hydrogen (secondary N) is 1. The molecular formula is C26H18N4O4. The zero-order valence-electron chi connectivity index (χ0n) is 17.6. The SMILES string of the molecule is OC1=Cc2cc3ccc(cc4nc(cc5c(-c6ccccc6)c(O)c(c(O)c1n2)n5O)C=C4)[nH]3. The molecule has 2 aliphatic rings. The number of aliphatic hydroxyl groups is 1. The van der Waals surface area contributed by atoms with Crippen LogP contribution >= 0.6 is 0 Å². The number of nitrogens with zero attached hydrogens (tertiary/aromatic N) is 3. The highest BCUT2D eigenvalue weighted by Crippen LogP contribution is 2.43. The van der Waals surface area contributed by atoms with Crippen LogP contribution in [0, 0.1) is 0 Å². The second kappa shape index (κ2) is 7.28. The van der Waals surface area contributed by atoms with Crippen molar-refractivity contribution in [3.8, 4) is 22.6 Å². The molecule has 166 valence electrons. The summed E-state index contributed by atoms with van der Waals surface area (Å²) in [4.78, 5) is 12.1.